The quantitative estimate of drug-likeness (QED) is 0.457. The number of carbonyl (C=O) groups is 1. The number of allylic oxidation sites excluding steroid dienone is 1. The monoisotopic (exact) mass is 487 g/mol. The first kappa shape index (κ1) is 22.1. The molecule has 0 fully saturated rings. The number of nitrogens with one attached hydrogen (secondary N) is 1. The molecular formula is C26H21N3O3S2. The van der Waals surface area contributed by atoms with Gasteiger partial charge in [0.25, 0.3) is 11.5 Å². The van der Waals surface area contributed by atoms with Crippen LogP contribution in [0.3, 0.4) is 0 Å². The Balaban J connectivity index is 1.66. The van der Waals surface area contributed by atoms with Crippen LogP contribution >= 0.6 is 22.7 Å². The fraction of sp³-hybridized carbons (Fsp3) is 0.115. The van der Waals surface area contributed by atoms with E-state index < -0.39 is 6.04 Å². The first-order valence-electron chi connectivity index (χ1n) is 10.6. The molecule has 0 bridgehead atoms. The molecule has 0 spiro atoms. The number of phenolic OH excluding ortho intramolecular Hbond substituents is 1. The molecule has 0 radical (unpaired) electrons. The van der Waals surface area contributed by atoms with Crippen LogP contribution in [-0.4, -0.2) is 15.6 Å². The lowest BCUT2D eigenvalue weighted by Crippen LogP contribution is -2.40. The highest BCUT2D eigenvalue weighted by Gasteiger charge is 2.33. The molecular weight excluding hydrogens is 466 g/mol. The SMILES string of the molecule is CC1=C(C(=O)Nc2ccccc2C)C(c2cccs2)n2c(s/c(=C/c3ccccc3O)c2=O)=N1. The fourth-order valence-corrected chi connectivity index (χ4v) is 5.84. The van der Waals surface area contributed by atoms with Gasteiger partial charge < -0.3 is 10.4 Å². The van der Waals surface area contributed by atoms with Gasteiger partial charge in [0.2, 0.25) is 0 Å². The summed E-state index contributed by atoms with van der Waals surface area (Å²) in [5.74, 6) is -0.193. The molecule has 34 heavy (non-hydrogen) atoms. The predicted molar refractivity (Wildman–Crippen MR) is 136 cm³/mol. The average molecular weight is 488 g/mol. The van der Waals surface area contributed by atoms with Crippen LogP contribution in [0.25, 0.3) is 6.08 Å². The Hall–Kier alpha value is -3.75. The standard InChI is InChI=1S/C26H21N3O3S2/c1-15-8-3-5-10-18(15)28-24(31)22-16(2)27-26-29(23(22)20-12-7-13-33-20)25(32)21(34-26)14-17-9-4-6-11-19(17)30/h3-14,23,30H,1-2H3,(H,28,31)/b21-14+. The first-order valence-corrected chi connectivity index (χ1v) is 12.3. The van der Waals surface area contributed by atoms with E-state index in [4.69, 9.17) is 0 Å². The Bertz CT molecular complexity index is 1610. The third-order valence-electron chi connectivity index (χ3n) is 5.70. The fourth-order valence-electron chi connectivity index (χ4n) is 3.98. The van der Waals surface area contributed by atoms with E-state index in [0.717, 1.165) is 16.1 Å². The van der Waals surface area contributed by atoms with E-state index in [1.807, 2.05) is 48.7 Å². The van der Waals surface area contributed by atoms with Gasteiger partial charge in [0, 0.05) is 16.1 Å². The van der Waals surface area contributed by atoms with Crippen molar-refractivity contribution in [3.8, 4) is 5.75 Å². The van der Waals surface area contributed by atoms with Crippen LogP contribution in [0, 0.1) is 6.92 Å². The Kier molecular flexibility index (Phi) is 5.77. The van der Waals surface area contributed by atoms with Crippen LogP contribution in [0.5, 0.6) is 5.75 Å². The number of rotatable bonds is 4. The van der Waals surface area contributed by atoms with Crippen molar-refractivity contribution in [2.45, 2.75) is 19.9 Å². The number of aromatic nitrogens is 1. The number of nitrogens with zero attached hydrogens (tertiary/aromatic N) is 2. The number of aryl methyl sites for hydroxylation is 1. The lowest BCUT2D eigenvalue weighted by Gasteiger charge is -2.24. The van der Waals surface area contributed by atoms with Gasteiger partial charge in [-0.15, -0.1) is 11.3 Å². The number of hydrogen-bond donors (Lipinski definition) is 2. The minimum atomic E-state index is -0.591. The molecule has 2 N–H and O–H groups in total. The van der Waals surface area contributed by atoms with Crippen LogP contribution in [0.4, 0.5) is 5.69 Å². The summed E-state index contributed by atoms with van der Waals surface area (Å²) in [7, 11) is 0. The number of thiazole rings is 1. The normalized spacial score (nSPS) is 15.7. The molecule has 1 aliphatic heterocycles. The van der Waals surface area contributed by atoms with Crippen molar-refractivity contribution >= 4 is 40.3 Å². The van der Waals surface area contributed by atoms with Crippen molar-refractivity contribution < 1.29 is 9.90 Å². The topological polar surface area (TPSA) is 83.7 Å². The highest BCUT2D eigenvalue weighted by molar-refractivity contribution is 7.10. The van der Waals surface area contributed by atoms with Crippen LogP contribution in [0.2, 0.25) is 0 Å². The van der Waals surface area contributed by atoms with Gasteiger partial charge in [-0.3, -0.25) is 14.2 Å². The zero-order valence-corrected chi connectivity index (χ0v) is 20.1. The van der Waals surface area contributed by atoms with Crippen LogP contribution in [-0.2, 0) is 4.79 Å². The van der Waals surface area contributed by atoms with E-state index in [0.29, 0.717) is 26.2 Å². The number of para-hydroxylation sites is 2. The van der Waals surface area contributed by atoms with Gasteiger partial charge in [-0.2, -0.15) is 0 Å². The lowest BCUT2D eigenvalue weighted by molar-refractivity contribution is -0.113. The van der Waals surface area contributed by atoms with Crippen LogP contribution in [0.15, 0.2) is 87.1 Å². The molecule has 8 heteroatoms. The number of amides is 1. The maximum Gasteiger partial charge on any atom is 0.271 e. The molecule has 2 aromatic carbocycles. The molecule has 3 heterocycles. The van der Waals surface area contributed by atoms with E-state index in [9.17, 15) is 14.7 Å². The molecule has 1 aliphatic rings. The van der Waals surface area contributed by atoms with Crippen LogP contribution < -0.4 is 20.2 Å². The highest BCUT2D eigenvalue weighted by atomic mass is 32.1. The minimum Gasteiger partial charge on any atom is -0.507 e. The summed E-state index contributed by atoms with van der Waals surface area (Å²) >= 11 is 2.74. The van der Waals surface area contributed by atoms with Gasteiger partial charge in [-0.1, -0.05) is 53.8 Å². The van der Waals surface area contributed by atoms with E-state index in [-0.39, 0.29) is 17.2 Å². The molecule has 1 atom stereocenters. The Labute approximate surface area is 203 Å². The highest BCUT2D eigenvalue weighted by Crippen LogP contribution is 2.33. The van der Waals surface area contributed by atoms with Crippen molar-refractivity contribution in [3.63, 3.8) is 0 Å². The lowest BCUT2D eigenvalue weighted by atomic mass is 10.0. The van der Waals surface area contributed by atoms with Crippen molar-refractivity contribution in [3.05, 3.63) is 113 Å². The summed E-state index contributed by atoms with van der Waals surface area (Å²) in [5.41, 5.74) is 2.97. The number of carbonyl (C=O) groups excluding carboxylic acids is 1. The summed E-state index contributed by atoms with van der Waals surface area (Å²) in [6.45, 7) is 3.73. The Morgan fingerprint density at radius 2 is 1.85 bits per heavy atom. The van der Waals surface area contributed by atoms with E-state index in [2.05, 4.69) is 10.3 Å². The molecule has 0 saturated carbocycles. The van der Waals surface area contributed by atoms with Gasteiger partial charge in [-0.05, 0) is 49.1 Å². The maximum atomic E-state index is 13.6. The Morgan fingerprint density at radius 1 is 1.09 bits per heavy atom. The van der Waals surface area contributed by atoms with Gasteiger partial charge >= 0.3 is 0 Å². The number of hydrogen-bond acceptors (Lipinski definition) is 6. The van der Waals surface area contributed by atoms with Gasteiger partial charge in [-0.25, -0.2) is 4.99 Å². The number of aromatic hydroxyl groups is 1. The molecule has 6 nitrogen and oxygen atoms in total. The third kappa shape index (κ3) is 3.91. The zero-order chi connectivity index (χ0) is 23.8. The predicted octanol–water partition coefficient (Wildman–Crippen LogP) is 3.95. The molecule has 0 aliphatic carbocycles. The van der Waals surface area contributed by atoms with E-state index in [1.54, 1.807) is 41.8 Å². The van der Waals surface area contributed by atoms with Crippen LogP contribution in [0.1, 0.15) is 29.0 Å². The molecule has 5 rings (SSSR count). The van der Waals surface area contributed by atoms with Gasteiger partial charge in [0.05, 0.1) is 15.8 Å². The second-order valence-electron chi connectivity index (χ2n) is 7.93. The summed E-state index contributed by atoms with van der Waals surface area (Å²) in [6.07, 6.45) is 1.66. The molecule has 0 saturated heterocycles. The number of thiophene rings is 1. The molecule has 2 aromatic heterocycles. The van der Waals surface area contributed by atoms with E-state index in [1.165, 1.54) is 22.7 Å². The third-order valence-corrected chi connectivity index (χ3v) is 7.60. The second-order valence-corrected chi connectivity index (χ2v) is 9.91. The van der Waals surface area contributed by atoms with Crippen molar-refractivity contribution in [1.82, 2.24) is 4.57 Å². The van der Waals surface area contributed by atoms with Crippen molar-refractivity contribution in [1.29, 1.82) is 0 Å². The van der Waals surface area contributed by atoms with E-state index >= 15 is 0 Å². The average Bonchev–Trinajstić information content (AvgIpc) is 3.45. The zero-order valence-electron chi connectivity index (χ0n) is 18.5. The number of benzene rings is 2. The van der Waals surface area contributed by atoms with Gasteiger partial charge in [0.15, 0.2) is 4.80 Å². The molecule has 170 valence electrons. The van der Waals surface area contributed by atoms with Gasteiger partial charge in [0.1, 0.15) is 11.8 Å². The number of anilines is 1. The van der Waals surface area contributed by atoms with Crippen molar-refractivity contribution in [2.24, 2.45) is 4.99 Å². The summed E-state index contributed by atoms with van der Waals surface area (Å²) < 4.78 is 2.03. The summed E-state index contributed by atoms with van der Waals surface area (Å²) in [6, 6.07) is 17.7. The smallest absolute Gasteiger partial charge is 0.271 e. The molecule has 4 aromatic rings. The number of fused-ring (bicyclic) bond motifs is 1. The van der Waals surface area contributed by atoms with Crippen molar-refractivity contribution in [2.75, 3.05) is 5.32 Å². The first-order chi connectivity index (χ1) is 16.4. The Morgan fingerprint density at radius 3 is 2.59 bits per heavy atom. The largest absolute Gasteiger partial charge is 0.507 e. The maximum absolute atomic E-state index is 13.6. The minimum absolute atomic E-state index is 0.0950. The second kappa shape index (κ2) is 8.89. The number of phenols is 1. The summed E-state index contributed by atoms with van der Waals surface area (Å²) in [4.78, 5) is 33.1. The molecule has 1 unspecified atom stereocenters. The summed E-state index contributed by atoms with van der Waals surface area (Å²) in [5, 5.41) is 15.1. The molecule has 1 amide bonds.